The van der Waals surface area contributed by atoms with Crippen LogP contribution in [-0.4, -0.2) is 26.7 Å². The van der Waals surface area contributed by atoms with Gasteiger partial charge in [-0.15, -0.1) is 11.3 Å². The van der Waals surface area contributed by atoms with Gasteiger partial charge in [-0.05, 0) is 45.0 Å². The van der Waals surface area contributed by atoms with Crippen LogP contribution in [0, 0.1) is 12.7 Å². The molecule has 1 aromatic carbocycles. The number of rotatable bonds is 4. The minimum Gasteiger partial charge on any atom is -0.352 e. The summed E-state index contributed by atoms with van der Waals surface area (Å²) < 4.78 is 15.0. The molecule has 0 aliphatic carbocycles. The quantitative estimate of drug-likeness (QED) is 0.775. The van der Waals surface area contributed by atoms with Crippen molar-refractivity contribution in [1.82, 2.24) is 20.1 Å². The molecular formula is C17H17FN4O2S. The van der Waals surface area contributed by atoms with Gasteiger partial charge in [0.1, 0.15) is 18.1 Å². The van der Waals surface area contributed by atoms with Crippen molar-refractivity contribution in [2.45, 2.75) is 33.4 Å². The van der Waals surface area contributed by atoms with E-state index in [4.69, 9.17) is 0 Å². The normalized spacial score (nSPS) is 11.2. The molecule has 2 heterocycles. The molecule has 0 fully saturated rings. The number of aryl methyl sites for hydroxylation is 1. The first-order chi connectivity index (χ1) is 11.8. The van der Waals surface area contributed by atoms with Gasteiger partial charge in [0, 0.05) is 11.6 Å². The highest BCUT2D eigenvalue weighted by atomic mass is 32.1. The van der Waals surface area contributed by atoms with E-state index in [2.05, 4.69) is 15.4 Å². The van der Waals surface area contributed by atoms with Gasteiger partial charge < -0.3 is 5.32 Å². The van der Waals surface area contributed by atoms with Crippen molar-refractivity contribution < 1.29 is 9.18 Å². The Morgan fingerprint density at radius 1 is 1.32 bits per heavy atom. The molecule has 0 atom stereocenters. The molecule has 130 valence electrons. The summed E-state index contributed by atoms with van der Waals surface area (Å²) in [7, 11) is 0. The molecule has 8 heteroatoms. The van der Waals surface area contributed by atoms with Crippen LogP contribution in [0.4, 0.5) is 4.39 Å². The van der Waals surface area contributed by atoms with Crippen molar-refractivity contribution in [3.8, 4) is 11.3 Å². The van der Waals surface area contributed by atoms with E-state index in [0.717, 1.165) is 9.69 Å². The highest BCUT2D eigenvalue weighted by Crippen LogP contribution is 2.29. The van der Waals surface area contributed by atoms with Crippen LogP contribution in [0.5, 0.6) is 0 Å². The van der Waals surface area contributed by atoms with Crippen molar-refractivity contribution in [2.24, 2.45) is 0 Å². The molecule has 0 saturated carbocycles. The van der Waals surface area contributed by atoms with E-state index < -0.39 is 5.56 Å². The Hall–Kier alpha value is -2.61. The number of fused-ring (bicyclic) bond motifs is 1. The maximum absolute atomic E-state index is 13.2. The Kier molecular flexibility index (Phi) is 4.63. The summed E-state index contributed by atoms with van der Waals surface area (Å²) in [6.07, 6.45) is 0. The number of carbonyl (C=O) groups excluding carboxylic acids is 1. The molecule has 1 amide bonds. The van der Waals surface area contributed by atoms with Crippen LogP contribution >= 0.6 is 11.3 Å². The number of amides is 1. The van der Waals surface area contributed by atoms with E-state index in [-0.39, 0.29) is 29.8 Å². The molecular weight excluding hydrogens is 343 g/mol. The second-order valence-electron chi connectivity index (χ2n) is 5.95. The van der Waals surface area contributed by atoms with Crippen LogP contribution in [0.2, 0.25) is 0 Å². The van der Waals surface area contributed by atoms with Crippen LogP contribution in [0.1, 0.15) is 18.9 Å². The zero-order chi connectivity index (χ0) is 18.1. The molecule has 0 bridgehead atoms. The van der Waals surface area contributed by atoms with Crippen LogP contribution in [0.25, 0.3) is 21.5 Å². The topological polar surface area (TPSA) is 76.9 Å². The minimum atomic E-state index is -0.413. The van der Waals surface area contributed by atoms with Crippen molar-refractivity contribution >= 4 is 27.5 Å². The molecule has 6 nitrogen and oxygen atoms in total. The minimum absolute atomic E-state index is 0.0370. The Morgan fingerprint density at radius 3 is 2.64 bits per heavy atom. The summed E-state index contributed by atoms with van der Waals surface area (Å²) in [4.78, 5) is 28.9. The zero-order valence-electron chi connectivity index (χ0n) is 14.0. The lowest BCUT2D eigenvalue weighted by molar-refractivity contribution is -0.122. The van der Waals surface area contributed by atoms with Gasteiger partial charge >= 0.3 is 0 Å². The monoisotopic (exact) mass is 360 g/mol. The molecule has 3 rings (SSSR count). The molecule has 25 heavy (non-hydrogen) atoms. The molecule has 0 unspecified atom stereocenters. The molecule has 3 aromatic rings. The van der Waals surface area contributed by atoms with Crippen molar-refractivity contribution in [3.05, 3.63) is 45.4 Å². The highest BCUT2D eigenvalue weighted by molar-refractivity contribution is 7.19. The van der Waals surface area contributed by atoms with Gasteiger partial charge in [0.25, 0.3) is 5.56 Å². The first kappa shape index (κ1) is 17.2. The van der Waals surface area contributed by atoms with Gasteiger partial charge in [0.05, 0.1) is 9.71 Å². The average Bonchev–Trinajstić information content (AvgIpc) is 2.92. The second-order valence-corrected chi connectivity index (χ2v) is 7.15. The predicted molar refractivity (Wildman–Crippen MR) is 95.1 cm³/mol. The molecule has 0 aliphatic heterocycles. The van der Waals surface area contributed by atoms with Crippen molar-refractivity contribution in [3.63, 3.8) is 0 Å². The molecule has 0 saturated heterocycles. The molecule has 1 N–H and O–H groups in total. The average molecular weight is 360 g/mol. The number of aromatic nitrogens is 3. The van der Waals surface area contributed by atoms with E-state index in [1.165, 1.54) is 23.5 Å². The lowest BCUT2D eigenvalue weighted by Gasteiger charge is -2.11. The van der Waals surface area contributed by atoms with Gasteiger partial charge in [0.2, 0.25) is 5.91 Å². The molecule has 2 aromatic heterocycles. The highest BCUT2D eigenvalue weighted by Gasteiger charge is 2.18. The lowest BCUT2D eigenvalue weighted by atomic mass is 10.1. The number of halogens is 1. The van der Waals surface area contributed by atoms with Crippen LogP contribution in [0.15, 0.2) is 29.1 Å². The lowest BCUT2D eigenvalue weighted by Crippen LogP contribution is -2.37. The van der Waals surface area contributed by atoms with E-state index in [1.54, 1.807) is 19.1 Å². The number of benzene rings is 1. The summed E-state index contributed by atoms with van der Waals surface area (Å²) in [6.45, 7) is 5.28. The Morgan fingerprint density at radius 2 is 2.00 bits per heavy atom. The number of hydrogen-bond acceptors (Lipinski definition) is 5. The van der Waals surface area contributed by atoms with Crippen molar-refractivity contribution in [1.29, 1.82) is 0 Å². The fourth-order valence-corrected chi connectivity index (χ4v) is 3.39. The summed E-state index contributed by atoms with van der Waals surface area (Å²) in [6, 6.07) is 5.81. The number of carbonyl (C=O) groups is 1. The SMILES string of the molecule is Cc1nc2c(=O)n(CC(=O)NC(C)C)nc(-c3ccc(F)cc3)c2s1. The molecule has 0 aliphatic rings. The fraction of sp³-hybridized carbons (Fsp3) is 0.294. The van der Waals surface area contributed by atoms with E-state index in [1.807, 2.05) is 13.8 Å². The number of thiazole rings is 1. The van der Waals surface area contributed by atoms with Gasteiger partial charge in [-0.25, -0.2) is 14.1 Å². The maximum atomic E-state index is 13.2. The van der Waals surface area contributed by atoms with E-state index in [0.29, 0.717) is 16.0 Å². The third-order valence-electron chi connectivity index (χ3n) is 3.47. The first-order valence-corrected chi connectivity index (χ1v) is 8.60. The fourth-order valence-electron chi connectivity index (χ4n) is 2.47. The largest absolute Gasteiger partial charge is 0.352 e. The van der Waals surface area contributed by atoms with Crippen molar-refractivity contribution in [2.75, 3.05) is 0 Å². The zero-order valence-corrected chi connectivity index (χ0v) is 14.9. The van der Waals surface area contributed by atoms with Crippen LogP contribution in [-0.2, 0) is 11.3 Å². The van der Waals surface area contributed by atoms with Crippen LogP contribution in [0.3, 0.4) is 0 Å². The standard InChI is InChI=1S/C17H17FN4O2S/c1-9(2)19-13(23)8-22-17(24)15-16(25-10(3)20-15)14(21-22)11-4-6-12(18)7-5-11/h4-7,9H,8H2,1-3H3,(H,19,23). The Balaban J connectivity index is 2.15. The van der Waals surface area contributed by atoms with E-state index in [9.17, 15) is 14.0 Å². The number of nitrogens with one attached hydrogen (secondary N) is 1. The molecule has 0 radical (unpaired) electrons. The second kappa shape index (κ2) is 6.72. The van der Waals surface area contributed by atoms with Gasteiger partial charge in [-0.2, -0.15) is 5.10 Å². The summed E-state index contributed by atoms with van der Waals surface area (Å²) in [5.41, 5.74) is 1.03. The van der Waals surface area contributed by atoms with E-state index >= 15 is 0 Å². The Labute approximate surface area is 147 Å². The summed E-state index contributed by atoms with van der Waals surface area (Å²) in [5.74, 6) is -0.661. The smallest absolute Gasteiger partial charge is 0.294 e. The van der Waals surface area contributed by atoms with Crippen LogP contribution < -0.4 is 10.9 Å². The first-order valence-electron chi connectivity index (χ1n) is 7.78. The number of hydrogen-bond donors (Lipinski definition) is 1. The van der Waals surface area contributed by atoms with Gasteiger partial charge in [0.15, 0.2) is 5.52 Å². The maximum Gasteiger partial charge on any atom is 0.294 e. The molecule has 0 spiro atoms. The number of nitrogens with zero attached hydrogens (tertiary/aromatic N) is 3. The predicted octanol–water partition coefficient (Wildman–Crippen LogP) is 2.49. The third kappa shape index (κ3) is 3.58. The Bertz CT molecular complexity index is 992. The van der Waals surface area contributed by atoms with Gasteiger partial charge in [-0.3, -0.25) is 9.59 Å². The third-order valence-corrected chi connectivity index (χ3v) is 4.45. The van der Waals surface area contributed by atoms with Gasteiger partial charge in [-0.1, -0.05) is 0 Å². The summed E-state index contributed by atoms with van der Waals surface area (Å²) in [5, 5.41) is 7.81. The summed E-state index contributed by atoms with van der Waals surface area (Å²) >= 11 is 1.35.